The molecule has 1 N–H and O–H groups in total. The highest BCUT2D eigenvalue weighted by atomic mass is 19.1. The summed E-state index contributed by atoms with van der Waals surface area (Å²) in [6.07, 6.45) is 2.58. The monoisotopic (exact) mass is 502 g/mol. The summed E-state index contributed by atoms with van der Waals surface area (Å²) in [5.41, 5.74) is 2.20. The molecule has 0 bridgehead atoms. The lowest BCUT2D eigenvalue weighted by Crippen LogP contribution is -2.38. The maximum Gasteiger partial charge on any atom is 0.254 e. The maximum atomic E-state index is 14.4. The molecule has 0 radical (unpaired) electrons. The van der Waals surface area contributed by atoms with E-state index >= 15 is 0 Å². The molecule has 37 heavy (non-hydrogen) atoms. The Morgan fingerprint density at radius 1 is 1.19 bits per heavy atom. The number of pyridine rings is 1. The molecule has 3 aromatic rings. The van der Waals surface area contributed by atoms with Gasteiger partial charge in [0.25, 0.3) is 5.91 Å². The molecule has 0 aliphatic carbocycles. The number of likely N-dealkylation sites (tertiary alicyclic amines) is 1. The summed E-state index contributed by atoms with van der Waals surface area (Å²) < 4.78 is 25.7. The van der Waals surface area contributed by atoms with E-state index in [1.807, 2.05) is 69.4 Å². The summed E-state index contributed by atoms with van der Waals surface area (Å²) >= 11 is 0. The summed E-state index contributed by atoms with van der Waals surface area (Å²) in [7, 11) is 0. The van der Waals surface area contributed by atoms with Crippen molar-refractivity contribution < 1.29 is 18.7 Å². The van der Waals surface area contributed by atoms with Crippen LogP contribution in [0.5, 0.6) is 11.6 Å². The zero-order valence-electron chi connectivity index (χ0n) is 21.3. The molecular weight excluding hydrogens is 471 g/mol. The quantitative estimate of drug-likeness (QED) is 0.449. The average molecular weight is 503 g/mol. The first-order valence-corrected chi connectivity index (χ1v) is 12.5. The number of nitriles is 1. The fourth-order valence-corrected chi connectivity index (χ4v) is 4.56. The summed E-state index contributed by atoms with van der Waals surface area (Å²) in [5, 5.41) is 11.9. The maximum absolute atomic E-state index is 14.4. The molecular formula is C29H31FN4O3. The lowest BCUT2D eigenvalue weighted by Gasteiger charge is -2.29. The molecule has 1 fully saturated rings. The van der Waals surface area contributed by atoms with Gasteiger partial charge in [0, 0.05) is 31.4 Å². The minimum Gasteiger partial charge on any atom is -0.494 e. The number of aromatic nitrogens is 1. The third-order valence-electron chi connectivity index (χ3n) is 6.20. The number of carbonyl (C=O) groups excluding carboxylic acids is 1. The van der Waals surface area contributed by atoms with E-state index in [9.17, 15) is 9.18 Å². The summed E-state index contributed by atoms with van der Waals surface area (Å²) in [5.74, 6) is 0.191. The molecule has 7 nitrogen and oxygen atoms in total. The van der Waals surface area contributed by atoms with Crippen LogP contribution in [0.25, 0.3) is 0 Å². The summed E-state index contributed by atoms with van der Waals surface area (Å²) in [6.45, 7) is 7.79. The number of hydrogen-bond donors (Lipinski definition) is 1. The molecule has 0 saturated carbocycles. The molecule has 2 aromatic carbocycles. The van der Waals surface area contributed by atoms with E-state index in [1.165, 1.54) is 12.1 Å². The molecule has 0 spiro atoms. The molecule has 4 rings (SSSR count). The van der Waals surface area contributed by atoms with E-state index in [0.717, 1.165) is 35.9 Å². The molecule has 192 valence electrons. The van der Waals surface area contributed by atoms with Gasteiger partial charge < -0.3 is 14.8 Å². The normalized spacial score (nSPS) is 16.3. The lowest BCUT2D eigenvalue weighted by atomic mass is 9.98. The standard InChI is InChI=1S/C29H31FN4O3/c1-4-36-24-9-6-21(7-10-24)28(22-8-12-27(32-17-22)37-19(2)3)34-14-13-23(18-34)33-29(35)25-11-5-20(16-31)15-26(25)30/h5-12,15,17,19,23,28H,4,13-14,18H2,1-3H3,(H,33,35)/t23-,28?/m1/s1. The molecule has 2 atom stereocenters. The average Bonchev–Trinajstić information content (AvgIpc) is 3.33. The largest absolute Gasteiger partial charge is 0.494 e. The number of rotatable bonds is 9. The van der Waals surface area contributed by atoms with Gasteiger partial charge in [-0.1, -0.05) is 18.2 Å². The Kier molecular flexibility index (Phi) is 8.36. The number of hydrogen-bond acceptors (Lipinski definition) is 6. The van der Waals surface area contributed by atoms with Gasteiger partial charge in [-0.15, -0.1) is 0 Å². The van der Waals surface area contributed by atoms with Crippen LogP contribution in [0, 0.1) is 17.1 Å². The second-order valence-electron chi connectivity index (χ2n) is 9.26. The first kappa shape index (κ1) is 26.1. The van der Waals surface area contributed by atoms with Gasteiger partial charge in [0.05, 0.1) is 35.9 Å². The van der Waals surface area contributed by atoms with Crippen molar-refractivity contribution in [1.82, 2.24) is 15.2 Å². The Balaban J connectivity index is 1.53. The number of amides is 1. The predicted octanol–water partition coefficient (Wildman–Crippen LogP) is 4.87. The highest BCUT2D eigenvalue weighted by molar-refractivity contribution is 5.94. The second-order valence-corrected chi connectivity index (χ2v) is 9.26. The van der Waals surface area contributed by atoms with Gasteiger partial charge in [0.2, 0.25) is 5.88 Å². The second kappa shape index (κ2) is 11.8. The van der Waals surface area contributed by atoms with Crippen LogP contribution in [0.2, 0.25) is 0 Å². The van der Waals surface area contributed by atoms with Crippen molar-refractivity contribution in [3.8, 4) is 17.7 Å². The van der Waals surface area contributed by atoms with E-state index in [0.29, 0.717) is 19.0 Å². The van der Waals surface area contributed by atoms with Crippen molar-refractivity contribution in [2.24, 2.45) is 0 Å². The van der Waals surface area contributed by atoms with E-state index < -0.39 is 11.7 Å². The van der Waals surface area contributed by atoms with Crippen LogP contribution in [0.3, 0.4) is 0 Å². The summed E-state index contributed by atoms with van der Waals surface area (Å²) in [6, 6.07) is 17.4. The molecule has 1 aromatic heterocycles. The van der Waals surface area contributed by atoms with E-state index in [2.05, 4.69) is 15.2 Å². The lowest BCUT2D eigenvalue weighted by molar-refractivity contribution is 0.0932. The Morgan fingerprint density at radius 3 is 2.57 bits per heavy atom. The number of nitrogens with zero attached hydrogens (tertiary/aromatic N) is 3. The zero-order chi connectivity index (χ0) is 26.4. The third-order valence-corrected chi connectivity index (χ3v) is 6.20. The highest BCUT2D eigenvalue weighted by Gasteiger charge is 2.32. The first-order valence-electron chi connectivity index (χ1n) is 12.5. The number of ether oxygens (including phenoxy) is 2. The molecule has 1 amide bonds. The van der Waals surface area contributed by atoms with Crippen LogP contribution in [-0.2, 0) is 0 Å². The van der Waals surface area contributed by atoms with Crippen LogP contribution >= 0.6 is 0 Å². The Morgan fingerprint density at radius 2 is 1.95 bits per heavy atom. The Hall–Kier alpha value is -3.96. The Labute approximate surface area is 216 Å². The van der Waals surface area contributed by atoms with E-state index in [4.69, 9.17) is 14.7 Å². The fraction of sp³-hybridized carbons (Fsp3) is 0.345. The Bertz CT molecular complexity index is 1260. The summed E-state index contributed by atoms with van der Waals surface area (Å²) in [4.78, 5) is 19.6. The van der Waals surface area contributed by atoms with Gasteiger partial charge >= 0.3 is 0 Å². The smallest absolute Gasteiger partial charge is 0.254 e. The topological polar surface area (TPSA) is 87.5 Å². The molecule has 1 unspecified atom stereocenters. The van der Waals surface area contributed by atoms with Gasteiger partial charge in [-0.05, 0) is 68.7 Å². The van der Waals surface area contributed by atoms with Gasteiger partial charge in [-0.2, -0.15) is 5.26 Å². The minimum absolute atomic E-state index is 0.0316. The highest BCUT2D eigenvalue weighted by Crippen LogP contribution is 2.33. The van der Waals surface area contributed by atoms with Crippen molar-refractivity contribution >= 4 is 5.91 Å². The molecule has 8 heteroatoms. The van der Waals surface area contributed by atoms with Gasteiger partial charge in [-0.25, -0.2) is 9.37 Å². The SMILES string of the molecule is CCOc1ccc(C(c2ccc(OC(C)C)nc2)N2CC[C@@H](NC(=O)c3ccc(C#N)cc3F)C2)cc1. The van der Waals surface area contributed by atoms with E-state index in [-0.39, 0.29) is 29.3 Å². The number of halogens is 1. The minimum atomic E-state index is -0.701. The first-order chi connectivity index (χ1) is 17.9. The third kappa shape index (κ3) is 6.43. The van der Waals surface area contributed by atoms with Crippen molar-refractivity contribution in [2.75, 3.05) is 19.7 Å². The van der Waals surface area contributed by atoms with Crippen molar-refractivity contribution in [3.05, 3.63) is 88.9 Å². The van der Waals surface area contributed by atoms with Crippen LogP contribution in [-0.4, -0.2) is 47.6 Å². The molecule has 1 aliphatic rings. The van der Waals surface area contributed by atoms with Gasteiger partial charge in [-0.3, -0.25) is 9.69 Å². The predicted molar refractivity (Wildman–Crippen MR) is 138 cm³/mol. The van der Waals surface area contributed by atoms with Crippen LogP contribution in [0.4, 0.5) is 4.39 Å². The van der Waals surface area contributed by atoms with Crippen molar-refractivity contribution in [3.63, 3.8) is 0 Å². The van der Waals surface area contributed by atoms with Crippen molar-refractivity contribution in [2.45, 2.75) is 45.4 Å². The fourth-order valence-electron chi connectivity index (χ4n) is 4.56. The molecule has 2 heterocycles. The van der Waals surface area contributed by atoms with Gasteiger partial charge in [0.1, 0.15) is 11.6 Å². The zero-order valence-corrected chi connectivity index (χ0v) is 21.3. The van der Waals surface area contributed by atoms with Crippen LogP contribution in [0.15, 0.2) is 60.8 Å². The van der Waals surface area contributed by atoms with Crippen LogP contribution in [0.1, 0.15) is 60.3 Å². The van der Waals surface area contributed by atoms with Gasteiger partial charge in [0.15, 0.2) is 0 Å². The van der Waals surface area contributed by atoms with Crippen LogP contribution < -0.4 is 14.8 Å². The number of benzene rings is 2. The number of carbonyl (C=O) groups is 1. The number of nitrogens with one attached hydrogen (secondary N) is 1. The van der Waals surface area contributed by atoms with E-state index in [1.54, 1.807) is 0 Å². The molecule has 1 saturated heterocycles. The van der Waals surface area contributed by atoms with Crippen molar-refractivity contribution in [1.29, 1.82) is 5.26 Å². The molecule has 1 aliphatic heterocycles.